The van der Waals surface area contributed by atoms with E-state index >= 15 is 0 Å². The van der Waals surface area contributed by atoms with Crippen LogP contribution in [0.15, 0.2) is 53.6 Å². The fraction of sp³-hybridized carbons (Fsp3) is 0.586. The predicted molar refractivity (Wildman–Crippen MR) is 126 cm³/mol. The molecule has 5 rings (SSSR count). The number of carbonyl (C=O) groups is 2. The highest BCUT2D eigenvalue weighted by atomic mass is 16.4. The number of aryl methyl sites for hydroxylation is 1. The van der Waals surface area contributed by atoms with Crippen molar-refractivity contribution in [2.75, 3.05) is 0 Å². The van der Waals surface area contributed by atoms with E-state index in [9.17, 15) is 14.7 Å². The molecule has 0 bridgehead atoms. The monoisotopic (exact) mass is 432 g/mol. The van der Waals surface area contributed by atoms with Gasteiger partial charge in [-0.05, 0) is 97.2 Å². The van der Waals surface area contributed by atoms with Gasteiger partial charge in [-0.2, -0.15) is 0 Å². The van der Waals surface area contributed by atoms with E-state index in [-0.39, 0.29) is 16.7 Å². The molecular formula is C29H36O3. The van der Waals surface area contributed by atoms with E-state index < -0.39 is 5.97 Å². The van der Waals surface area contributed by atoms with Crippen molar-refractivity contribution in [2.45, 2.75) is 71.6 Å². The number of Topliss-reactive ketones (excluding diaryl/α,β-unsaturated/α-hetero) is 1. The second-order valence-electron chi connectivity index (χ2n) is 11.3. The molecule has 6 atom stereocenters. The van der Waals surface area contributed by atoms with Crippen LogP contribution in [0.3, 0.4) is 0 Å². The molecule has 170 valence electrons. The molecule has 3 nitrogen and oxygen atoms in total. The van der Waals surface area contributed by atoms with Crippen LogP contribution in [-0.4, -0.2) is 16.9 Å². The van der Waals surface area contributed by atoms with Crippen LogP contribution >= 0.6 is 0 Å². The van der Waals surface area contributed by atoms with Crippen LogP contribution in [0.4, 0.5) is 0 Å². The zero-order valence-electron chi connectivity index (χ0n) is 19.5. The first-order valence-corrected chi connectivity index (χ1v) is 12.5. The molecule has 4 aliphatic rings. The van der Waals surface area contributed by atoms with Gasteiger partial charge in [0.1, 0.15) is 5.78 Å². The lowest BCUT2D eigenvalue weighted by atomic mass is 9.47. The Labute approximate surface area is 192 Å². The highest BCUT2D eigenvalue weighted by molar-refractivity contribution is 5.87. The number of benzene rings is 1. The molecule has 4 aliphatic carbocycles. The van der Waals surface area contributed by atoms with Gasteiger partial charge < -0.3 is 5.11 Å². The van der Waals surface area contributed by atoms with Crippen molar-refractivity contribution >= 4 is 11.8 Å². The molecule has 2 fully saturated rings. The van der Waals surface area contributed by atoms with Gasteiger partial charge >= 0.3 is 5.97 Å². The average Bonchev–Trinajstić information content (AvgIpc) is 3.15. The standard InChI is InChI=1S/C29H36O3/c1-28-16-14-20(27(31)32)18-21(28)9-10-22-23-11-12-25(29(23,2)17-15-24(22)28)26(30)13-8-19-6-4-3-5-7-19/h3-7,9,18,22-25H,8,10-17H2,1-2H3,(H,31,32)/t22-,23-,24+,25?,28-,29-/m0/s1. The minimum atomic E-state index is -0.765. The smallest absolute Gasteiger partial charge is 0.331 e. The Morgan fingerprint density at radius 1 is 1.03 bits per heavy atom. The number of fused-ring (bicyclic) bond motifs is 5. The lowest BCUT2D eigenvalue weighted by molar-refractivity contribution is -0.133. The van der Waals surface area contributed by atoms with E-state index in [2.05, 4.69) is 44.2 Å². The van der Waals surface area contributed by atoms with Gasteiger partial charge in [-0.1, -0.05) is 50.3 Å². The molecule has 0 radical (unpaired) electrons. The number of ketones is 1. The maximum absolute atomic E-state index is 13.4. The van der Waals surface area contributed by atoms with Crippen molar-refractivity contribution in [1.29, 1.82) is 0 Å². The van der Waals surface area contributed by atoms with Gasteiger partial charge in [0, 0.05) is 17.9 Å². The van der Waals surface area contributed by atoms with E-state index in [1.807, 2.05) is 12.1 Å². The predicted octanol–water partition coefficient (Wildman–Crippen LogP) is 6.39. The normalized spacial score (nSPS) is 38.1. The van der Waals surface area contributed by atoms with E-state index in [1.54, 1.807) is 0 Å². The number of carboxylic acids is 1. The maximum Gasteiger partial charge on any atom is 0.331 e. The highest BCUT2D eigenvalue weighted by Crippen LogP contribution is 2.66. The summed E-state index contributed by atoms with van der Waals surface area (Å²) >= 11 is 0. The molecular weight excluding hydrogens is 396 g/mol. The molecule has 1 aromatic rings. The summed E-state index contributed by atoms with van der Waals surface area (Å²) < 4.78 is 0. The number of carboxylic acid groups (broad SMARTS) is 1. The number of hydrogen-bond acceptors (Lipinski definition) is 2. The first-order valence-electron chi connectivity index (χ1n) is 12.5. The van der Waals surface area contributed by atoms with E-state index in [0.29, 0.717) is 42.0 Å². The summed E-state index contributed by atoms with van der Waals surface area (Å²) in [5.74, 6) is 1.78. The zero-order chi connectivity index (χ0) is 22.5. The summed E-state index contributed by atoms with van der Waals surface area (Å²) in [6.07, 6.45) is 13.0. The summed E-state index contributed by atoms with van der Waals surface area (Å²) in [6.45, 7) is 4.79. The fourth-order valence-electron chi connectivity index (χ4n) is 8.11. The summed E-state index contributed by atoms with van der Waals surface area (Å²) in [7, 11) is 0. The van der Waals surface area contributed by atoms with Crippen molar-refractivity contribution in [1.82, 2.24) is 0 Å². The Kier molecular flexibility index (Phi) is 5.42. The molecule has 0 heterocycles. The minimum Gasteiger partial charge on any atom is -0.478 e. The molecule has 1 unspecified atom stereocenters. The van der Waals surface area contributed by atoms with E-state index in [4.69, 9.17) is 0 Å². The van der Waals surface area contributed by atoms with Gasteiger partial charge in [0.15, 0.2) is 0 Å². The lowest BCUT2D eigenvalue weighted by Crippen LogP contribution is -2.50. The third-order valence-electron chi connectivity index (χ3n) is 9.93. The Morgan fingerprint density at radius 2 is 1.81 bits per heavy atom. The molecule has 1 N–H and O–H groups in total. The van der Waals surface area contributed by atoms with Crippen molar-refractivity contribution < 1.29 is 14.7 Å². The second kappa shape index (κ2) is 8.01. The maximum atomic E-state index is 13.4. The summed E-state index contributed by atoms with van der Waals surface area (Å²) in [4.78, 5) is 24.9. The third kappa shape index (κ3) is 3.40. The SMILES string of the molecule is C[C@]12CCC(C(=O)O)=CC1=CC[C@@H]1[C@H]2CC[C@]2(C)C(C(=O)CCc3ccccc3)CC[C@@H]12. The molecule has 3 heteroatoms. The van der Waals surface area contributed by atoms with Crippen LogP contribution in [-0.2, 0) is 16.0 Å². The van der Waals surface area contributed by atoms with Gasteiger partial charge in [0.2, 0.25) is 0 Å². The summed E-state index contributed by atoms with van der Waals surface area (Å²) in [5, 5.41) is 9.47. The van der Waals surface area contributed by atoms with E-state index in [1.165, 1.54) is 24.0 Å². The van der Waals surface area contributed by atoms with Gasteiger partial charge in [0.25, 0.3) is 0 Å². The minimum absolute atomic E-state index is 0.0958. The largest absolute Gasteiger partial charge is 0.478 e. The second-order valence-corrected chi connectivity index (χ2v) is 11.3. The van der Waals surface area contributed by atoms with Crippen LogP contribution in [0.1, 0.15) is 70.8 Å². The Balaban J connectivity index is 1.34. The van der Waals surface area contributed by atoms with Gasteiger partial charge in [-0.25, -0.2) is 4.79 Å². The lowest BCUT2D eigenvalue weighted by Gasteiger charge is -2.57. The van der Waals surface area contributed by atoms with Crippen molar-refractivity contribution in [3.8, 4) is 0 Å². The van der Waals surface area contributed by atoms with Crippen LogP contribution in [0.25, 0.3) is 0 Å². The molecule has 32 heavy (non-hydrogen) atoms. The Morgan fingerprint density at radius 3 is 2.56 bits per heavy atom. The number of allylic oxidation sites excluding steroid dienone is 3. The fourth-order valence-corrected chi connectivity index (χ4v) is 8.11. The van der Waals surface area contributed by atoms with Crippen LogP contribution < -0.4 is 0 Å². The van der Waals surface area contributed by atoms with Crippen molar-refractivity contribution in [3.05, 3.63) is 59.2 Å². The molecule has 0 aliphatic heterocycles. The number of aliphatic carboxylic acids is 1. The first-order chi connectivity index (χ1) is 15.3. The number of hydrogen-bond donors (Lipinski definition) is 1. The topological polar surface area (TPSA) is 54.4 Å². The average molecular weight is 433 g/mol. The van der Waals surface area contributed by atoms with Gasteiger partial charge in [-0.3, -0.25) is 4.79 Å². The third-order valence-corrected chi connectivity index (χ3v) is 9.93. The summed E-state index contributed by atoms with van der Waals surface area (Å²) in [5.41, 5.74) is 3.32. The van der Waals surface area contributed by atoms with Gasteiger partial charge in [-0.15, -0.1) is 0 Å². The molecule has 0 saturated heterocycles. The van der Waals surface area contributed by atoms with Gasteiger partial charge in [0.05, 0.1) is 0 Å². The Bertz CT molecular complexity index is 973. The number of rotatable bonds is 5. The van der Waals surface area contributed by atoms with Crippen molar-refractivity contribution in [3.63, 3.8) is 0 Å². The summed E-state index contributed by atoms with van der Waals surface area (Å²) in [6, 6.07) is 10.4. The van der Waals surface area contributed by atoms with Crippen LogP contribution in [0.2, 0.25) is 0 Å². The molecule has 2 saturated carbocycles. The van der Waals surface area contributed by atoms with Crippen molar-refractivity contribution in [2.24, 2.45) is 34.5 Å². The van der Waals surface area contributed by atoms with Crippen LogP contribution in [0, 0.1) is 34.5 Å². The highest BCUT2D eigenvalue weighted by Gasteiger charge is 2.59. The quantitative estimate of drug-likeness (QED) is 0.587. The number of carbonyl (C=O) groups excluding carboxylic acids is 1. The molecule has 0 amide bonds. The molecule has 1 aromatic carbocycles. The van der Waals surface area contributed by atoms with Crippen LogP contribution in [0.5, 0.6) is 0 Å². The molecule has 0 aromatic heterocycles. The first kappa shape index (κ1) is 21.7. The molecule has 0 spiro atoms. The van der Waals surface area contributed by atoms with E-state index in [0.717, 1.165) is 32.1 Å². The Hall–Kier alpha value is -2.16. The zero-order valence-corrected chi connectivity index (χ0v) is 19.5.